The topological polar surface area (TPSA) is 154 Å². The number of ether oxygens (including phenoxy) is 2. The Kier molecular flexibility index (Phi) is 7.78. The second kappa shape index (κ2) is 10.5. The van der Waals surface area contributed by atoms with Crippen LogP contribution in [-0.4, -0.2) is 48.4 Å². The van der Waals surface area contributed by atoms with Gasteiger partial charge in [0.25, 0.3) is 17.5 Å². The van der Waals surface area contributed by atoms with Crippen LogP contribution < -0.4 is 10.6 Å². The number of para-hydroxylation sites is 1. The molecule has 2 amide bonds. The maximum absolute atomic E-state index is 12.2. The van der Waals surface area contributed by atoms with Gasteiger partial charge in [-0.15, -0.1) is 0 Å². The van der Waals surface area contributed by atoms with Crippen molar-refractivity contribution < 1.29 is 33.6 Å². The van der Waals surface area contributed by atoms with Crippen LogP contribution in [0.2, 0.25) is 0 Å². The number of esters is 2. The molecule has 31 heavy (non-hydrogen) atoms. The molecule has 0 saturated heterocycles. The van der Waals surface area contributed by atoms with Gasteiger partial charge in [-0.05, 0) is 25.1 Å². The Morgan fingerprint density at radius 1 is 1.10 bits per heavy atom. The lowest BCUT2D eigenvalue weighted by molar-refractivity contribution is -0.384. The van der Waals surface area contributed by atoms with Gasteiger partial charge >= 0.3 is 11.9 Å². The predicted molar refractivity (Wildman–Crippen MR) is 107 cm³/mol. The summed E-state index contributed by atoms with van der Waals surface area (Å²) in [5.74, 6) is -2.97. The highest BCUT2D eigenvalue weighted by molar-refractivity contribution is 6.02. The lowest BCUT2D eigenvalue weighted by atomic mass is 10.2. The summed E-state index contributed by atoms with van der Waals surface area (Å²) in [7, 11) is 1.20. The Hall–Kier alpha value is -4.28. The van der Waals surface area contributed by atoms with Crippen LogP contribution in [0.3, 0.4) is 0 Å². The first-order chi connectivity index (χ1) is 14.7. The molecule has 0 radical (unpaired) electrons. The van der Waals surface area contributed by atoms with E-state index in [1.54, 1.807) is 12.1 Å². The maximum atomic E-state index is 12.2. The van der Waals surface area contributed by atoms with Gasteiger partial charge in [0.05, 0.1) is 23.3 Å². The van der Waals surface area contributed by atoms with Crippen LogP contribution in [0.4, 0.5) is 11.4 Å². The van der Waals surface area contributed by atoms with Gasteiger partial charge in [-0.2, -0.15) is 0 Å². The van der Waals surface area contributed by atoms with Gasteiger partial charge in [-0.3, -0.25) is 19.7 Å². The average molecular weight is 429 g/mol. The van der Waals surface area contributed by atoms with E-state index in [1.807, 2.05) is 0 Å². The number of nitrogens with one attached hydrogen (secondary N) is 2. The Morgan fingerprint density at radius 3 is 2.48 bits per heavy atom. The monoisotopic (exact) mass is 429 g/mol. The van der Waals surface area contributed by atoms with Crippen LogP contribution in [0.5, 0.6) is 0 Å². The Balaban J connectivity index is 1.90. The second-order valence-corrected chi connectivity index (χ2v) is 6.20. The fourth-order valence-corrected chi connectivity index (χ4v) is 2.43. The van der Waals surface area contributed by atoms with E-state index in [1.165, 1.54) is 44.4 Å². The summed E-state index contributed by atoms with van der Waals surface area (Å²) in [6.45, 7) is 0.674. The first-order valence-electron chi connectivity index (χ1n) is 8.92. The van der Waals surface area contributed by atoms with Crippen molar-refractivity contribution in [3.05, 3.63) is 69.8 Å². The molecule has 0 spiro atoms. The van der Waals surface area contributed by atoms with E-state index in [0.29, 0.717) is 0 Å². The highest BCUT2D eigenvalue weighted by Gasteiger charge is 2.21. The molecule has 11 heteroatoms. The van der Waals surface area contributed by atoms with Crippen LogP contribution >= 0.6 is 0 Å². The van der Waals surface area contributed by atoms with Gasteiger partial charge in [0, 0.05) is 17.7 Å². The number of nitro benzene ring substituents is 1. The molecule has 2 aromatic carbocycles. The van der Waals surface area contributed by atoms with Crippen molar-refractivity contribution in [2.24, 2.45) is 0 Å². The number of benzene rings is 2. The fourth-order valence-electron chi connectivity index (χ4n) is 2.43. The van der Waals surface area contributed by atoms with Gasteiger partial charge in [0.2, 0.25) is 0 Å². The zero-order chi connectivity index (χ0) is 23.0. The van der Waals surface area contributed by atoms with Crippen LogP contribution in [-0.2, 0) is 19.1 Å². The molecule has 0 saturated carbocycles. The fraction of sp³-hybridized carbons (Fsp3) is 0.200. The van der Waals surface area contributed by atoms with Crippen molar-refractivity contribution in [1.29, 1.82) is 0 Å². The number of hydrogen-bond acceptors (Lipinski definition) is 8. The molecule has 0 aromatic heterocycles. The van der Waals surface area contributed by atoms with E-state index in [0.717, 1.165) is 6.07 Å². The first kappa shape index (κ1) is 23.0. The minimum Gasteiger partial charge on any atom is -0.465 e. The molecule has 2 N–H and O–H groups in total. The third kappa shape index (κ3) is 6.35. The summed E-state index contributed by atoms with van der Waals surface area (Å²) in [6.07, 6.45) is 0. The van der Waals surface area contributed by atoms with Crippen molar-refractivity contribution in [3.8, 4) is 0 Å². The number of methoxy groups -OCH3 is 1. The molecule has 11 nitrogen and oxygen atoms in total. The molecule has 0 bridgehead atoms. The zero-order valence-electron chi connectivity index (χ0n) is 16.6. The molecular formula is C20H19N3O8. The minimum absolute atomic E-state index is 0.00832. The first-order valence-corrected chi connectivity index (χ1v) is 8.92. The van der Waals surface area contributed by atoms with Crippen LogP contribution in [0.15, 0.2) is 48.5 Å². The number of rotatable bonds is 8. The standard InChI is InChI=1S/C20H19N3O8/c1-12(21-18(25)13-6-5-7-14(10-13)23(28)29)19(26)31-11-17(24)22-16-9-4-3-8-15(16)20(27)30-2/h3-10,12H,11H2,1-2H3,(H,21,25)(H,22,24)/t12-/m0/s1. The van der Waals surface area contributed by atoms with Gasteiger partial charge in [0.1, 0.15) is 6.04 Å². The molecule has 0 unspecified atom stereocenters. The third-order valence-corrected chi connectivity index (χ3v) is 3.97. The normalized spacial score (nSPS) is 11.0. The van der Waals surface area contributed by atoms with Crippen LogP contribution in [0.1, 0.15) is 27.6 Å². The quantitative estimate of drug-likeness (QED) is 0.365. The Bertz CT molecular complexity index is 1020. The summed E-state index contributed by atoms with van der Waals surface area (Å²) in [6, 6.07) is 9.99. The van der Waals surface area contributed by atoms with Crippen molar-refractivity contribution in [2.45, 2.75) is 13.0 Å². The summed E-state index contributed by atoms with van der Waals surface area (Å²) < 4.78 is 9.50. The summed E-state index contributed by atoms with van der Waals surface area (Å²) in [4.78, 5) is 58.2. The van der Waals surface area contributed by atoms with E-state index in [2.05, 4.69) is 15.4 Å². The lowest BCUT2D eigenvalue weighted by Crippen LogP contribution is -2.40. The number of hydrogen-bond donors (Lipinski definition) is 2. The van der Waals surface area contributed by atoms with E-state index < -0.39 is 41.3 Å². The molecule has 162 valence electrons. The van der Waals surface area contributed by atoms with Crippen molar-refractivity contribution in [2.75, 3.05) is 19.0 Å². The maximum Gasteiger partial charge on any atom is 0.339 e. The van der Waals surface area contributed by atoms with Crippen molar-refractivity contribution in [1.82, 2.24) is 5.32 Å². The Morgan fingerprint density at radius 2 is 1.81 bits per heavy atom. The average Bonchev–Trinajstić information content (AvgIpc) is 2.77. The largest absolute Gasteiger partial charge is 0.465 e. The molecule has 1 atom stereocenters. The molecule has 0 aliphatic rings. The highest BCUT2D eigenvalue weighted by atomic mass is 16.6. The number of nitrogens with zero attached hydrogens (tertiary/aromatic N) is 1. The number of carbonyl (C=O) groups excluding carboxylic acids is 4. The SMILES string of the molecule is COC(=O)c1ccccc1NC(=O)COC(=O)[C@H](C)NC(=O)c1cccc([N+](=O)[O-])c1. The van der Waals surface area contributed by atoms with Crippen molar-refractivity contribution >= 4 is 35.1 Å². The number of carbonyl (C=O) groups is 4. The zero-order valence-corrected chi connectivity index (χ0v) is 16.6. The number of non-ortho nitro benzene ring substituents is 1. The third-order valence-electron chi connectivity index (χ3n) is 3.97. The number of amides is 2. The Labute approximate surface area is 176 Å². The van der Waals surface area contributed by atoms with Gasteiger partial charge in [-0.1, -0.05) is 18.2 Å². The van der Waals surface area contributed by atoms with Gasteiger partial charge in [-0.25, -0.2) is 9.59 Å². The molecule has 2 aromatic rings. The van der Waals surface area contributed by atoms with E-state index in [9.17, 15) is 29.3 Å². The summed E-state index contributed by atoms with van der Waals surface area (Å²) in [5, 5.41) is 15.6. The van der Waals surface area contributed by atoms with E-state index >= 15 is 0 Å². The highest BCUT2D eigenvalue weighted by Crippen LogP contribution is 2.16. The van der Waals surface area contributed by atoms with Gasteiger partial charge in [0.15, 0.2) is 6.61 Å². The number of nitro groups is 1. The summed E-state index contributed by atoms with van der Waals surface area (Å²) in [5.41, 5.74) is 0.0301. The van der Waals surface area contributed by atoms with Crippen LogP contribution in [0.25, 0.3) is 0 Å². The smallest absolute Gasteiger partial charge is 0.339 e. The second-order valence-electron chi connectivity index (χ2n) is 6.20. The number of anilines is 1. The lowest BCUT2D eigenvalue weighted by Gasteiger charge is -2.14. The van der Waals surface area contributed by atoms with E-state index in [4.69, 9.17) is 4.74 Å². The van der Waals surface area contributed by atoms with Gasteiger partial charge < -0.3 is 20.1 Å². The van der Waals surface area contributed by atoms with Crippen molar-refractivity contribution in [3.63, 3.8) is 0 Å². The molecule has 0 aliphatic heterocycles. The minimum atomic E-state index is -1.12. The molecule has 0 aliphatic carbocycles. The molecule has 0 heterocycles. The molecular weight excluding hydrogens is 410 g/mol. The predicted octanol–water partition coefficient (Wildman–Crippen LogP) is 1.68. The molecule has 0 fully saturated rings. The van der Waals surface area contributed by atoms with Crippen LogP contribution in [0, 0.1) is 10.1 Å². The summed E-state index contributed by atoms with van der Waals surface area (Å²) >= 11 is 0. The van der Waals surface area contributed by atoms with E-state index in [-0.39, 0.29) is 22.5 Å². The molecule has 2 rings (SSSR count).